The van der Waals surface area contributed by atoms with Crippen LogP contribution < -0.4 is 0 Å². The van der Waals surface area contributed by atoms with Crippen LogP contribution in [0.4, 0.5) is 0 Å². The van der Waals surface area contributed by atoms with Gasteiger partial charge in [0.25, 0.3) is 0 Å². The second-order valence-electron chi connectivity index (χ2n) is 19.5. The number of carbonyl (C=O) groups excluding carboxylic acids is 3. The minimum Gasteiger partial charge on any atom is -0.462 e. The van der Waals surface area contributed by atoms with Crippen LogP contribution in [0.15, 0.2) is 122 Å². The normalized spacial score (nSPS) is 13.0. The van der Waals surface area contributed by atoms with Crippen molar-refractivity contribution in [3.8, 4) is 0 Å². The second-order valence-corrected chi connectivity index (χ2v) is 19.5. The number of esters is 3. The van der Waals surface area contributed by atoms with Crippen LogP contribution in [0.25, 0.3) is 0 Å². The van der Waals surface area contributed by atoms with E-state index in [1.807, 2.05) is 12.2 Å². The number of carbonyl (C=O) groups is 3. The summed E-state index contributed by atoms with van der Waals surface area (Å²) in [5, 5.41) is 0. The van der Waals surface area contributed by atoms with Crippen molar-refractivity contribution in [2.75, 3.05) is 13.2 Å². The molecule has 0 radical (unpaired) electrons. The van der Waals surface area contributed by atoms with Gasteiger partial charge in [-0.1, -0.05) is 245 Å². The molecule has 0 aliphatic rings. The van der Waals surface area contributed by atoms with Crippen molar-refractivity contribution in [1.29, 1.82) is 0 Å². The van der Waals surface area contributed by atoms with Gasteiger partial charge >= 0.3 is 17.9 Å². The molecule has 0 amide bonds. The van der Waals surface area contributed by atoms with E-state index in [0.29, 0.717) is 19.3 Å². The van der Waals surface area contributed by atoms with Gasteiger partial charge < -0.3 is 14.2 Å². The Labute approximate surface area is 450 Å². The third-order valence-corrected chi connectivity index (χ3v) is 12.4. The van der Waals surface area contributed by atoms with E-state index in [1.54, 1.807) is 0 Å². The Hall–Kier alpha value is -4.19. The van der Waals surface area contributed by atoms with E-state index in [-0.39, 0.29) is 37.5 Å². The Morgan fingerprint density at radius 1 is 0.288 bits per heavy atom. The lowest BCUT2D eigenvalue weighted by molar-refractivity contribution is -0.166. The van der Waals surface area contributed by atoms with Gasteiger partial charge in [-0.15, -0.1) is 0 Å². The fourth-order valence-electron chi connectivity index (χ4n) is 7.94. The van der Waals surface area contributed by atoms with E-state index < -0.39 is 6.10 Å². The van der Waals surface area contributed by atoms with Gasteiger partial charge in [0.1, 0.15) is 13.2 Å². The molecule has 1 atom stereocenters. The SMILES string of the molecule is CC/C=C\C/C=C\C/C=C\C/C=C\CCC(=O)OCC(COC(=O)CCCCCCCC/C=C\C/C=C\C/C=C\CCCCCCC)OC(=O)CCCCCCCC/C=C\C/C=C\C/C=C\CCCCCCC. The van der Waals surface area contributed by atoms with Gasteiger partial charge in [-0.3, -0.25) is 14.4 Å². The molecular weight excluding hydrogens is 901 g/mol. The third-order valence-electron chi connectivity index (χ3n) is 12.4. The van der Waals surface area contributed by atoms with E-state index in [1.165, 1.54) is 103 Å². The van der Waals surface area contributed by atoms with Crippen molar-refractivity contribution >= 4 is 17.9 Å². The summed E-state index contributed by atoms with van der Waals surface area (Å²) in [5.74, 6) is -1.02. The van der Waals surface area contributed by atoms with Crippen LogP contribution >= 0.6 is 0 Å². The lowest BCUT2D eigenvalue weighted by Gasteiger charge is -2.18. The Bertz CT molecular complexity index is 1540. The van der Waals surface area contributed by atoms with Gasteiger partial charge in [0.15, 0.2) is 6.10 Å². The first-order valence-electron chi connectivity index (χ1n) is 30.0. The monoisotopic (exact) mass is 1010 g/mol. The Balaban J connectivity index is 4.48. The summed E-state index contributed by atoms with van der Waals surface area (Å²) in [6.45, 7) is 6.42. The molecule has 1 unspecified atom stereocenters. The summed E-state index contributed by atoms with van der Waals surface area (Å²) in [4.78, 5) is 38.2. The fraction of sp³-hybridized carbons (Fsp3) is 0.657. The molecule has 0 spiro atoms. The molecule has 414 valence electrons. The molecule has 0 bridgehead atoms. The smallest absolute Gasteiger partial charge is 0.306 e. The molecule has 0 heterocycles. The van der Waals surface area contributed by atoms with Crippen molar-refractivity contribution < 1.29 is 28.6 Å². The molecule has 0 aromatic heterocycles. The molecular formula is C67H110O6. The highest BCUT2D eigenvalue weighted by Gasteiger charge is 2.19. The Kier molecular flexibility index (Phi) is 56.9. The van der Waals surface area contributed by atoms with Gasteiger partial charge in [0, 0.05) is 19.3 Å². The highest BCUT2D eigenvalue weighted by molar-refractivity contribution is 5.71. The summed E-state index contributed by atoms with van der Waals surface area (Å²) in [7, 11) is 0. The molecule has 0 N–H and O–H groups in total. The van der Waals surface area contributed by atoms with Crippen LogP contribution in [0, 0.1) is 0 Å². The van der Waals surface area contributed by atoms with Crippen LogP contribution in [-0.2, 0) is 28.6 Å². The van der Waals surface area contributed by atoms with Crippen molar-refractivity contribution in [2.45, 2.75) is 271 Å². The minimum atomic E-state index is -0.824. The molecule has 6 nitrogen and oxygen atoms in total. The summed E-state index contributed by atoms with van der Waals surface area (Å²) >= 11 is 0. The Morgan fingerprint density at radius 2 is 0.562 bits per heavy atom. The first kappa shape index (κ1) is 68.8. The highest BCUT2D eigenvalue weighted by atomic mass is 16.6. The third kappa shape index (κ3) is 58.6. The zero-order valence-corrected chi connectivity index (χ0v) is 47.4. The van der Waals surface area contributed by atoms with Crippen molar-refractivity contribution in [3.05, 3.63) is 122 Å². The average molecular weight is 1010 g/mol. The predicted molar refractivity (Wildman–Crippen MR) is 316 cm³/mol. The molecule has 0 saturated carbocycles. The van der Waals surface area contributed by atoms with Gasteiger partial charge in [-0.25, -0.2) is 0 Å². The van der Waals surface area contributed by atoms with E-state index in [0.717, 1.165) is 116 Å². The van der Waals surface area contributed by atoms with Gasteiger partial charge in [0.2, 0.25) is 0 Å². The van der Waals surface area contributed by atoms with Gasteiger partial charge in [-0.05, 0) is 122 Å². The number of ether oxygens (including phenoxy) is 3. The summed E-state index contributed by atoms with van der Waals surface area (Å²) in [6.07, 6.45) is 83.5. The van der Waals surface area contributed by atoms with Crippen LogP contribution in [0.5, 0.6) is 0 Å². The molecule has 0 aliphatic carbocycles. The molecule has 6 heteroatoms. The second kappa shape index (κ2) is 60.4. The van der Waals surface area contributed by atoms with E-state index in [9.17, 15) is 14.4 Å². The number of hydrogen-bond acceptors (Lipinski definition) is 6. The zero-order chi connectivity index (χ0) is 52.9. The quantitative estimate of drug-likeness (QED) is 0.0261. The topological polar surface area (TPSA) is 78.9 Å². The molecule has 0 aliphatic heterocycles. The molecule has 0 aromatic carbocycles. The van der Waals surface area contributed by atoms with E-state index in [4.69, 9.17) is 14.2 Å². The lowest BCUT2D eigenvalue weighted by Crippen LogP contribution is -2.30. The van der Waals surface area contributed by atoms with Crippen molar-refractivity contribution in [2.24, 2.45) is 0 Å². The standard InChI is InChI=1S/C67H110O6/c1-4-7-10-13-16-19-22-25-27-29-31-33-35-37-39-42-45-48-51-54-57-60-66(69)72-63-64(62-71-65(68)59-56-53-50-47-44-41-24-21-18-15-12-9-6-3)73-67(70)61-58-55-52-49-46-43-40-38-36-34-32-30-28-26-23-20-17-14-11-8-5-2/h9,12,18,21-23,25-26,29-32,35-38,41,44,50,53,64H,4-8,10-11,13-17,19-20,24,27-28,33-34,39-40,42-43,45-49,51-52,54-63H2,1-3H3/b12-9-,21-18-,25-22-,26-23-,31-29-,32-30-,37-35-,38-36-,44-41-,53-50-. The largest absolute Gasteiger partial charge is 0.462 e. The highest BCUT2D eigenvalue weighted by Crippen LogP contribution is 2.14. The van der Waals surface area contributed by atoms with E-state index >= 15 is 0 Å². The summed E-state index contributed by atoms with van der Waals surface area (Å²) in [5.41, 5.74) is 0. The molecule has 73 heavy (non-hydrogen) atoms. The molecule has 0 aromatic rings. The average Bonchev–Trinajstić information content (AvgIpc) is 3.39. The Morgan fingerprint density at radius 3 is 0.918 bits per heavy atom. The maximum Gasteiger partial charge on any atom is 0.306 e. The zero-order valence-electron chi connectivity index (χ0n) is 47.4. The molecule has 0 rings (SSSR count). The summed E-state index contributed by atoms with van der Waals surface area (Å²) < 4.78 is 16.8. The van der Waals surface area contributed by atoms with Crippen molar-refractivity contribution in [3.63, 3.8) is 0 Å². The van der Waals surface area contributed by atoms with Crippen molar-refractivity contribution in [1.82, 2.24) is 0 Å². The number of hydrogen-bond donors (Lipinski definition) is 0. The first-order valence-corrected chi connectivity index (χ1v) is 30.0. The van der Waals surface area contributed by atoms with Crippen LogP contribution in [0.1, 0.15) is 265 Å². The first-order chi connectivity index (χ1) is 36.0. The van der Waals surface area contributed by atoms with Gasteiger partial charge in [-0.2, -0.15) is 0 Å². The summed E-state index contributed by atoms with van der Waals surface area (Å²) in [6, 6.07) is 0. The molecule has 0 fully saturated rings. The maximum absolute atomic E-state index is 12.9. The number of allylic oxidation sites excluding steroid dienone is 20. The lowest BCUT2D eigenvalue weighted by atomic mass is 10.1. The number of rotatable bonds is 53. The maximum atomic E-state index is 12.9. The van der Waals surface area contributed by atoms with Crippen LogP contribution in [0.3, 0.4) is 0 Å². The van der Waals surface area contributed by atoms with E-state index in [2.05, 4.69) is 130 Å². The molecule has 0 saturated heterocycles. The minimum absolute atomic E-state index is 0.115. The fourth-order valence-corrected chi connectivity index (χ4v) is 7.94. The predicted octanol–water partition coefficient (Wildman–Crippen LogP) is 20.4. The van der Waals surface area contributed by atoms with Crippen LogP contribution in [0.2, 0.25) is 0 Å². The van der Waals surface area contributed by atoms with Gasteiger partial charge in [0.05, 0.1) is 0 Å². The van der Waals surface area contributed by atoms with Crippen LogP contribution in [-0.4, -0.2) is 37.2 Å². The number of unbranched alkanes of at least 4 members (excludes halogenated alkanes) is 22.